The normalized spacial score (nSPS) is 10.2. The van der Waals surface area contributed by atoms with Crippen molar-refractivity contribution >= 4 is 28.9 Å². The Morgan fingerprint density at radius 3 is 2.21 bits per heavy atom. The molecule has 0 saturated carbocycles. The predicted molar refractivity (Wildman–Crippen MR) is 134 cm³/mol. The van der Waals surface area contributed by atoms with Crippen molar-refractivity contribution in [3.63, 3.8) is 0 Å². The molecular formula is C27H29N3O3. The number of benzene rings is 3. The second kappa shape index (κ2) is 12.1. The monoisotopic (exact) mass is 443 g/mol. The molecule has 0 unspecified atom stereocenters. The highest BCUT2D eigenvalue weighted by molar-refractivity contribution is 5.95. The third kappa shape index (κ3) is 8.18. The predicted octanol–water partition coefficient (Wildman–Crippen LogP) is 5.26. The SMILES string of the molecule is C=C(C)COc1ccccc1NC(=O)CNc1ccc(NC(=O)CCc2ccccc2)cc1. The molecule has 170 valence electrons. The van der Waals surface area contributed by atoms with Gasteiger partial charge >= 0.3 is 0 Å². The summed E-state index contributed by atoms with van der Waals surface area (Å²) in [7, 11) is 0. The Balaban J connectivity index is 1.44. The Morgan fingerprint density at radius 1 is 0.818 bits per heavy atom. The zero-order valence-electron chi connectivity index (χ0n) is 18.8. The van der Waals surface area contributed by atoms with E-state index in [-0.39, 0.29) is 18.4 Å². The van der Waals surface area contributed by atoms with Gasteiger partial charge in [0.25, 0.3) is 0 Å². The van der Waals surface area contributed by atoms with Gasteiger partial charge in [0.2, 0.25) is 11.8 Å². The second-order valence-corrected chi connectivity index (χ2v) is 7.75. The van der Waals surface area contributed by atoms with E-state index in [1.165, 1.54) is 0 Å². The van der Waals surface area contributed by atoms with Crippen molar-refractivity contribution in [2.24, 2.45) is 0 Å². The number of anilines is 3. The first kappa shape index (κ1) is 23.6. The minimum absolute atomic E-state index is 0.0357. The highest BCUT2D eigenvalue weighted by Gasteiger charge is 2.08. The molecule has 0 aliphatic carbocycles. The van der Waals surface area contributed by atoms with Crippen molar-refractivity contribution < 1.29 is 14.3 Å². The highest BCUT2D eigenvalue weighted by atomic mass is 16.5. The van der Waals surface area contributed by atoms with Gasteiger partial charge in [-0.1, -0.05) is 49.0 Å². The Morgan fingerprint density at radius 2 is 1.48 bits per heavy atom. The minimum Gasteiger partial charge on any atom is -0.487 e. The first-order chi connectivity index (χ1) is 16.0. The maximum Gasteiger partial charge on any atom is 0.243 e. The van der Waals surface area contributed by atoms with Crippen LogP contribution in [-0.2, 0) is 16.0 Å². The number of ether oxygens (including phenoxy) is 1. The molecular weight excluding hydrogens is 414 g/mol. The van der Waals surface area contributed by atoms with Crippen molar-refractivity contribution in [3.8, 4) is 5.75 Å². The van der Waals surface area contributed by atoms with Gasteiger partial charge in [0.05, 0.1) is 12.2 Å². The molecule has 6 nitrogen and oxygen atoms in total. The lowest BCUT2D eigenvalue weighted by Crippen LogP contribution is -2.22. The van der Waals surface area contributed by atoms with Crippen LogP contribution in [0.5, 0.6) is 5.75 Å². The smallest absolute Gasteiger partial charge is 0.243 e. The molecule has 0 saturated heterocycles. The van der Waals surface area contributed by atoms with Crippen LogP contribution in [0.25, 0.3) is 0 Å². The summed E-state index contributed by atoms with van der Waals surface area (Å²) in [5, 5.41) is 8.84. The molecule has 3 aromatic rings. The van der Waals surface area contributed by atoms with E-state index in [0.717, 1.165) is 16.8 Å². The average molecular weight is 444 g/mol. The molecule has 0 atom stereocenters. The lowest BCUT2D eigenvalue weighted by molar-refractivity contribution is -0.116. The number of amides is 2. The van der Waals surface area contributed by atoms with Crippen LogP contribution in [0.1, 0.15) is 18.9 Å². The Bertz CT molecular complexity index is 1080. The molecule has 0 radical (unpaired) electrons. The van der Waals surface area contributed by atoms with E-state index in [4.69, 9.17) is 4.74 Å². The van der Waals surface area contributed by atoms with Crippen molar-refractivity contribution in [2.45, 2.75) is 19.8 Å². The number of hydrogen-bond donors (Lipinski definition) is 3. The number of aryl methyl sites for hydroxylation is 1. The maximum absolute atomic E-state index is 12.4. The van der Waals surface area contributed by atoms with Gasteiger partial charge in [-0.2, -0.15) is 0 Å². The van der Waals surface area contributed by atoms with Crippen LogP contribution in [0.15, 0.2) is 91.0 Å². The lowest BCUT2D eigenvalue weighted by Gasteiger charge is -2.13. The summed E-state index contributed by atoms with van der Waals surface area (Å²) in [6.07, 6.45) is 1.12. The molecule has 0 fully saturated rings. The summed E-state index contributed by atoms with van der Waals surface area (Å²) in [5.41, 5.74) is 4.13. The van der Waals surface area contributed by atoms with Crippen LogP contribution in [-0.4, -0.2) is 25.0 Å². The third-order valence-corrected chi connectivity index (χ3v) is 4.74. The van der Waals surface area contributed by atoms with Gasteiger partial charge in [-0.15, -0.1) is 0 Å². The number of nitrogens with one attached hydrogen (secondary N) is 3. The third-order valence-electron chi connectivity index (χ3n) is 4.74. The standard InChI is InChI=1S/C27H29N3O3/c1-20(2)19-33-25-11-7-6-10-24(25)30-27(32)18-28-22-13-15-23(16-14-22)29-26(31)17-12-21-8-4-3-5-9-21/h3-11,13-16,28H,1,12,17-19H2,2H3,(H,29,31)(H,30,32). The van der Waals surface area contributed by atoms with Gasteiger partial charge in [-0.25, -0.2) is 0 Å². The molecule has 3 aromatic carbocycles. The van der Waals surface area contributed by atoms with Gasteiger partial charge in [-0.3, -0.25) is 9.59 Å². The number of para-hydroxylation sites is 2. The van der Waals surface area contributed by atoms with Crippen LogP contribution >= 0.6 is 0 Å². The summed E-state index contributed by atoms with van der Waals surface area (Å²) in [4.78, 5) is 24.5. The highest BCUT2D eigenvalue weighted by Crippen LogP contribution is 2.24. The van der Waals surface area contributed by atoms with E-state index in [1.807, 2.05) is 61.5 Å². The first-order valence-electron chi connectivity index (χ1n) is 10.8. The second-order valence-electron chi connectivity index (χ2n) is 7.75. The van der Waals surface area contributed by atoms with E-state index in [1.54, 1.807) is 24.3 Å². The van der Waals surface area contributed by atoms with Gasteiger partial charge < -0.3 is 20.7 Å². The average Bonchev–Trinajstić information content (AvgIpc) is 2.82. The van der Waals surface area contributed by atoms with Crippen LogP contribution < -0.4 is 20.7 Å². The molecule has 3 rings (SSSR count). The molecule has 6 heteroatoms. The zero-order chi connectivity index (χ0) is 23.5. The fourth-order valence-electron chi connectivity index (χ4n) is 3.07. The van der Waals surface area contributed by atoms with Crippen molar-refractivity contribution in [2.75, 3.05) is 29.1 Å². The van der Waals surface area contributed by atoms with E-state index < -0.39 is 0 Å². The van der Waals surface area contributed by atoms with Gasteiger partial charge in [0, 0.05) is 17.8 Å². The summed E-state index contributed by atoms with van der Waals surface area (Å²) < 4.78 is 5.68. The first-order valence-corrected chi connectivity index (χ1v) is 10.8. The quantitative estimate of drug-likeness (QED) is 0.353. The van der Waals surface area contributed by atoms with Gasteiger partial charge in [-0.05, 0) is 60.9 Å². The zero-order valence-corrected chi connectivity index (χ0v) is 18.8. The number of carbonyl (C=O) groups is 2. The Labute approximate surface area is 194 Å². The Kier molecular flexibility index (Phi) is 8.65. The van der Waals surface area contributed by atoms with E-state index in [0.29, 0.717) is 36.6 Å². The number of hydrogen-bond acceptors (Lipinski definition) is 4. The fraction of sp³-hybridized carbons (Fsp3) is 0.185. The Hall–Kier alpha value is -4.06. The molecule has 0 aliphatic rings. The minimum atomic E-state index is -0.195. The number of rotatable bonds is 11. The van der Waals surface area contributed by atoms with Gasteiger partial charge in [0.1, 0.15) is 12.4 Å². The summed E-state index contributed by atoms with van der Waals surface area (Å²) >= 11 is 0. The van der Waals surface area contributed by atoms with Crippen LogP contribution in [0.4, 0.5) is 17.1 Å². The molecule has 0 spiro atoms. The molecule has 3 N–H and O–H groups in total. The lowest BCUT2D eigenvalue weighted by atomic mass is 10.1. The summed E-state index contributed by atoms with van der Waals surface area (Å²) in [5.74, 6) is 0.368. The van der Waals surface area contributed by atoms with Crippen molar-refractivity contribution in [1.29, 1.82) is 0 Å². The van der Waals surface area contributed by atoms with E-state index in [2.05, 4.69) is 22.5 Å². The molecule has 0 heterocycles. The van der Waals surface area contributed by atoms with Crippen LogP contribution in [0.3, 0.4) is 0 Å². The van der Waals surface area contributed by atoms with Gasteiger partial charge in [0.15, 0.2) is 0 Å². The molecule has 0 aromatic heterocycles. The summed E-state index contributed by atoms with van der Waals surface area (Å²) in [6, 6.07) is 24.5. The topological polar surface area (TPSA) is 79.5 Å². The van der Waals surface area contributed by atoms with Crippen molar-refractivity contribution in [1.82, 2.24) is 0 Å². The fourth-order valence-corrected chi connectivity index (χ4v) is 3.07. The molecule has 2 amide bonds. The van der Waals surface area contributed by atoms with Crippen LogP contribution in [0, 0.1) is 0 Å². The maximum atomic E-state index is 12.4. The van der Waals surface area contributed by atoms with Crippen molar-refractivity contribution in [3.05, 3.63) is 96.6 Å². The van der Waals surface area contributed by atoms with Crippen LogP contribution in [0.2, 0.25) is 0 Å². The number of carbonyl (C=O) groups excluding carboxylic acids is 2. The molecule has 33 heavy (non-hydrogen) atoms. The molecule has 0 bridgehead atoms. The largest absolute Gasteiger partial charge is 0.487 e. The van der Waals surface area contributed by atoms with E-state index >= 15 is 0 Å². The van der Waals surface area contributed by atoms with E-state index in [9.17, 15) is 9.59 Å². The molecule has 0 aliphatic heterocycles. The summed E-state index contributed by atoms with van der Waals surface area (Å²) in [6.45, 7) is 6.19.